The van der Waals surface area contributed by atoms with Gasteiger partial charge in [0.2, 0.25) is 5.91 Å². The van der Waals surface area contributed by atoms with Crippen molar-refractivity contribution in [2.75, 3.05) is 26.7 Å². The zero-order chi connectivity index (χ0) is 15.5. The van der Waals surface area contributed by atoms with Crippen molar-refractivity contribution in [1.29, 1.82) is 0 Å². The maximum absolute atomic E-state index is 11.8. The van der Waals surface area contributed by atoms with Gasteiger partial charge in [-0.2, -0.15) is 0 Å². The van der Waals surface area contributed by atoms with Gasteiger partial charge in [-0.15, -0.1) is 12.4 Å². The Labute approximate surface area is 140 Å². The van der Waals surface area contributed by atoms with E-state index in [1.165, 1.54) is 5.56 Å². The second kappa shape index (κ2) is 12.3. The zero-order valence-corrected chi connectivity index (χ0v) is 14.7. The predicted molar refractivity (Wildman–Crippen MR) is 93.9 cm³/mol. The molecule has 0 spiro atoms. The molecular formula is C17H29ClN2O2. The summed E-state index contributed by atoms with van der Waals surface area (Å²) in [4.78, 5) is 11.8. The summed E-state index contributed by atoms with van der Waals surface area (Å²) >= 11 is 0. The number of rotatable bonds is 10. The Morgan fingerprint density at radius 1 is 1.27 bits per heavy atom. The minimum absolute atomic E-state index is 0. The average molecular weight is 329 g/mol. The van der Waals surface area contributed by atoms with E-state index < -0.39 is 0 Å². The first-order valence-corrected chi connectivity index (χ1v) is 7.81. The Morgan fingerprint density at radius 3 is 2.55 bits per heavy atom. The molecule has 0 aliphatic carbocycles. The first-order chi connectivity index (χ1) is 10.2. The molecule has 22 heavy (non-hydrogen) atoms. The number of halogens is 1. The Bertz CT molecular complexity index is 410. The van der Waals surface area contributed by atoms with Crippen molar-refractivity contribution >= 4 is 18.3 Å². The van der Waals surface area contributed by atoms with Gasteiger partial charge in [-0.1, -0.05) is 32.4 Å². The highest BCUT2D eigenvalue weighted by Gasteiger charge is 2.10. The van der Waals surface area contributed by atoms with Gasteiger partial charge >= 0.3 is 0 Å². The normalized spacial score (nSPS) is 11.4. The van der Waals surface area contributed by atoms with Crippen molar-refractivity contribution in [2.45, 2.75) is 33.1 Å². The lowest BCUT2D eigenvalue weighted by atomic mass is 10.1. The average Bonchev–Trinajstić information content (AvgIpc) is 2.49. The molecule has 5 heteroatoms. The number of ether oxygens (including phenoxy) is 1. The highest BCUT2D eigenvalue weighted by Crippen LogP contribution is 2.13. The van der Waals surface area contributed by atoms with Gasteiger partial charge in [0.05, 0.1) is 6.61 Å². The van der Waals surface area contributed by atoms with E-state index in [4.69, 9.17) is 4.74 Å². The molecule has 0 aliphatic heterocycles. The van der Waals surface area contributed by atoms with Crippen LogP contribution < -0.4 is 15.4 Å². The zero-order valence-electron chi connectivity index (χ0n) is 13.9. The summed E-state index contributed by atoms with van der Waals surface area (Å²) in [6, 6.07) is 8.11. The number of unbranched alkanes of at least 4 members (excludes halogenated alkanes) is 1. The largest absolute Gasteiger partial charge is 0.494 e. The van der Waals surface area contributed by atoms with Crippen LogP contribution in [0.2, 0.25) is 0 Å². The van der Waals surface area contributed by atoms with Gasteiger partial charge in [0, 0.05) is 19.0 Å². The van der Waals surface area contributed by atoms with Crippen LogP contribution in [0.25, 0.3) is 0 Å². The van der Waals surface area contributed by atoms with Crippen LogP contribution in [-0.2, 0) is 11.2 Å². The van der Waals surface area contributed by atoms with Crippen LogP contribution in [0.15, 0.2) is 24.3 Å². The topological polar surface area (TPSA) is 50.4 Å². The number of hydrogen-bond donors (Lipinski definition) is 2. The predicted octanol–water partition coefficient (Wildman–Crippen LogP) is 2.80. The monoisotopic (exact) mass is 328 g/mol. The van der Waals surface area contributed by atoms with Crippen molar-refractivity contribution < 1.29 is 9.53 Å². The molecule has 0 radical (unpaired) electrons. The van der Waals surface area contributed by atoms with Crippen LogP contribution >= 0.6 is 12.4 Å². The van der Waals surface area contributed by atoms with Crippen LogP contribution in [0, 0.1) is 5.92 Å². The summed E-state index contributed by atoms with van der Waals surface area (Å²) in [6.07, 6.45) is 3.07. The lowest BCUT2D eigenvalue weighted by molar-refractivity contribution is -0.124. The van der Waals surface area contributed by atoms with Crippen molar-refractivity contribution in [2.24, 2.45) is 5.92 Å². The number of nitrogens with one attached hydrogen (secondary N) is 2. The molecule has 0 aromatic heterocycles. The van der Waals surface area contributed by atoms with Crippen LogP contribution in [0.1, 0.15) is 32.3 Å². The van der Waals surface area contributed by atoms with E-state index in [0.29, 0.717) is 13.1 Å². The van der Waals surface area contributed by atoms with Crippen LogP contribution in [0.5, 0.6) is 5.75 Å². The standard InChI is InChI=1S/C17H28N2O2.ClH/c1-4-5-12-21-16-8-6-15(7-9-16)10-11-19-17(20)14(2)13-18-3;/h6-9,14,18H,4-5,10-13H2,1-3H3,(H,19,20);1H. The maximum Gasteiger partial charge on any atom is 0.224 e. The number of benzene rings is 1. The Balaban J connectivity index is 0.00000441. The quantitative estimate of drug-likeness (QED) is 0.649. The summed E-state index contributed by atoms with van der Waals surface area (Å²) in [6.45, 7) is 6.22. The molecule has 0 fully saturated rings. The van der Waals surface area contributed by atoms with Crippen molar-refractivity contribution in [3.8, 4) is 5.75 Å². The molecule has 1 amide bonds. The summed E-state index contributed by atoms with van der Waals surface area (Å²) in [7, 11) is 1.86. The molecule has 126 valence electrons. The maximum atomic E-state index is 11.8. The molecule has 1 aromatic carbocycles. The number of amides is 1. The van der Waals surface area contributed by atoms with Gasteiger partial charge in [0.15, 0.2) is 0 Å². The van der Waals surface area contributed by atoms with E-state index in [9.17, 15) is 4.79 Å². The Kier molecular flexibility index (Phi) is 11.6. The smallest absolute Gasteiger partial charge is 0.224 e. The summed E-state index contributed by atoms with van der Waals surface area (Å²) < 4.78 is 5.63. The fourth-order valence-electron chi connectivity index (χ4n) is 1.99. The van der Waals surface area contributed by atoms with E-state index in [0.717, 1.165) is 31.6 Å². The minimum Gasteiger partial charge on any atom is -0.494 e. The third-order valence-electron chi connectivity index (χ3n) is 3.36. The first-order valence-electron chi connectivity index (χ1n) is 7.81. The lowest BCUT2D eigenvalue weighted by Gasteiger charge is -2.11. The Hall–Kier alpha value is -1.26. The molecular weight excluding hydrogens is 300 g/mol. The fraction of sp³-hybridized carbons (Fsp3) is 0.588. The molecule has 1 atom stereocenters. The van der Waals surface area contributed by atoms with Gasteiger partial charge in [0.1, 0.15) is 5.75 Å². The third kappa shape index (κ3) is 8.25. The lowest BCUT2D eigenvalue weighted by Crippen LogP contribution is -2.35. The second-order valence-corrected chi connectivity index (χ2v) is 5.35. The van der Waals surface area contributed by atoms with Crippen molar-refractivity contribution in [3.63, 3.8) is 0 Å². The van der Waals surface area contributed by atoms with E-state index >= 15 is 0 Å². The number of carbonyl (C=O) groups excluding carboxylic acids is 1. The number of carbonyl (C=O) groups is 1. The van der Waals surface area contributed by atoms with E-state index in [-0.39, 0.29) is 24.2 Å². The van der Waals surface area contributed by atoms with Crippen molar-refractivity contribution in [1.82, 2.24) is 10.6 Å². The highest BCUT2D eigenvalue weighted by molar-refractivity contribution is 5.85. The van der Waals surface area contributed by atoms with Crippen LogP contribution in [0.4, 0.5) is 0 Å². The summed E-state index contributed by atoms with van der Waals surface area (Å²) in [5.41, 5.74) is 1.21. The summed E-state index contributed by atoms with van der Waals surface area (Å²) in [5, 5.41) is 5.97. The molecule has 0 bridgehead atoms. The highest BCUT2D eigenvalue weighted by atomic mass is 35.5. The second-order valence-electron chi connectivity index (χ2n) is 5.35. The molecule has 0 aliphatic rings. The SMILES string of the molecule is CCCCOc1ccc(CCNC(=O)C(C)CNC)cc1.Cl. The Morgan fingerprint density at radius 2 is 1.95 bits per heavy atom. The molecule has 4 nitrogen and oxygen atoms in total. The number of hydrogen-bond acceptors (Lipinski definition) is 3. The van der Waals surface area contributed by atoms with E-state index in [2.05, 4.69) is 29.7 Å². The third-order valence-corrected chi connectivity index (χ3v) is 3.36. The molecule has 2 N–H and O–H groups in total. The fourth-order valence-corrected chi connectivity index (χ4v) is 1.99. The molecule has 0 heterocycles. The minimum atomic E-state index is 0. The van der Waals surface area contributed by atoms with E-state index in [1.807, 2.05) is 26.1 Å². The van der Waals surface area contributed by atoms with Gasteiger partial charge in [-0.05, 0) is 37.6 Å². The molecule has 0 saturated carbocycles. The van der Waals surface area contributed by atoms with Crippen LogP contribution in [-0.4, -0.2) is 32.7 Å². The summed E-state index contributed by atoms with van der Waals surface area (Å²) in [5.74, 6) is 1.02. The van der Waals surface area contributed by atoms with Crippen molar-refractivity contribution in [3.05, 3.63) is 29.8 Å². The van der Waals surface area contributed by atoms with Gasteiger partial charge in [-0.25, -0.2) is 0 Å². The van der Waals surface area contributed by atoms with Gasteiger partial charge in [-0.3, -0.25) is 4.79 Å². The molecule has 1 aromatic rings. The first kappa shape index (κ1) is 20.7. The molecule has 1 unspecified atom stereocenters. The van der Waals surface area contributed by atoms with Gasteiger partial charge < -0.3 is 15.4 Å². The van der Waals surface area contributed by atoms with Gasteiger partial charge in [0.25, 0.3) is 0 Å². The van der Waals surface area contributed by atoms with Crippen LogP contribution in [0.3, 0.4) is 0 Å². The molecule has 0 saturated heterocycles. The molecule has 1 rings (SSSR count). The van der Waals surface area contributed by atoms with E-state index in [1.54, 1.807) is 0 Å².